The van der Waals surface area contributed by atoms with E-state index in [1.54, 1.807) is 13.8 Å². The van der Waals surface area contributed by atoms with E-state index in [4.69, 9.17) is 17.3 Å². The smallest absolute Gasteiger partial charge is 0.327 e. The number of nitrogens with zero attached hydrogens (tertiary/aromatic N) is 1. The quantitative estimate of drug-likeness (QED) is 0.332. The van der Waals surface area contributed by atoms with Crippen LogP contribution in [-0.2, 0) is 20.3 Å². The van der Waals surface area contributed by atoms with Gasteiger partial charge in [0.05, 0.1) is 6.04 Å². The van der Waals surface area contributed by atoms with Crippen LogP contribution in [0.2, 0.25) is 0 Å². The summed E-state index contributed by atoms with van der Waals surface area (Å²) in [5, 5.41) is 11.7. The SMILES string of the molecule is CC1(C)SC2C(NC(=O)C(N)CSc3ccc(CCl)cc3)C(=O)N2C1C(=O)O. The van der Waals surface area contributed by atoms with Crippen LogP contribution < -0.4 is 11.1 Å². The van der Waals surface area contributed by atoms with Crippen molar-refractivity contribution in [3.63, 3.8) is 0 Å². The van der Waals surface area contributed by atoms with E-state index < -0.39 is 34.7 Å². The molecule has 2 amide bonds. The lowest BCUT2D eigenvalue weighted by atomic mass is 9.96. The third-order valence-electron chi connectivity index (χ3n) is 4.82. The van der Waals surface area contributed by atoms with E-state index in [-0.39, 0.29) is 11.3 Å². The highest BCUT2D eigenvalue weighted by Gasteiger charge is 2.64. The zero-order valence-corrected chi connectivity index (χ0v) is 17.8. The Labute approximate surface area is 176 Å². The summed E-state index contributed by atoms with van der Waals surface area (Å²) in [6.45, 7) is 3.58. The molecule has 152 valence electrons. The van der Waals surface area contributed by atoms with Crippen LogP contribution in [-0.4, -0.2) is 61.8 Å². The minimum atomic E-state index is -1.04. The van der Waals surface area contributed by atoms with Crippen molar-refractivity contribution in [2.75, 3.05) is 5.75 Å². The fourth-order valence-electron chi connectivity index (χ4n) is 3.34. The van der Waals surface area contributed by atoms with Crippen molar-refractivity contribution in [1.29, 1.82) is 0 Å². The molecule has 0 radical (unpaired) electrons. The maximum Gasteiger partial charge on any atom is 0.327 e. The van der Waals surface area contributed by atoms with Gasteiger partial charge >= 0.3 is 5.97 Å². The van der Waals surface area contributed by atoms with E-state index >= 15 is 0 Å². The van der Waals surface area contributed by atoms with Gasteiger partial charge in [0.15, 0.2) is 0 Å². The van der Waals surface area contributed by atoms with E-state index in [9.17, 15) is 19.5 Å². The molecule has 2 aliphatic heterocycles. The lowest BCUT2D eigenvalue weighted by molar-refractivity contribution is -0.161. The lowest BCUT2D eigenvalue weighted by Crippen LogP contribution is -2.71. The Kier molecular flexibility index (Phi) is 6.19. The van der Waals surface area contributed by atoms with E-state index in [0.717, 1.165) is 10.5 Å². The Balaban J connectivity index is 1.55. The third kappa shape index (κ3) is 3.98. The first-order valence-corrected chi connectivity index (χ1v) is 11.1. The fourth-order valence-corrected chi connectivity index (χ4v) is 6.00. The monoisotopic (exact) mass is 443 g/mol. The summed E-state index contributed by atoms with van der Waals surface area (Å²) in [4.78, 5) is 38.7. The average Bonchev–Trinajstić information content (AvgIpc) is 2.92. The molecule has 0 aliphatic carbocycles. The molecule has 7 nitrogen and oxygen atoms in total. The molecule has 4 N–H and O–H groups in total. The van der Waals surface area contributed by atoms with E-state index in [2.05, 4.69) is 5.32 Å². The Morgan fingerprint density at radius 1 is 1.39 bits per heavy atom. The van der Waals surface area contributed by atoms with Crippen molar-refractivity contribution >= 4 is 52.9 Å². The predicted molar refractivity (Wildman–Crippen MR) is 110 cm³/mol. The molecule has 2 fully saturated rings. The fraction of sp³-hybridized carbons (Fsp3) is 0.500. The zero-order valence-electron chi connectivity index (χ0n) is 15.4. The molecule has 4 unspecified atom stereocenters. The molecular formula is C18H22ClN3O4S2. The van der Waals surface area contributed by atoms with Gasteiger partial charge in [-0.05, 0) is 31.5 Å². The number of nitrogens with one attached hydrogen (secondary N) is 1. The molecule has 1 aromatic carbocycles. The minimum absolute atomic E-state index is 0.359. The molecule has 10 heteroatoms. The maximum absolute atomic E-state index is 12.4. The third-order valence-corrected chi connectivity index (χ3v) is 7.83. The summed E-state index contributed by atoms with van der Waals surface area (Å²) in [6, 6.07) is 5.26. The molecule has 4 atom stereocenters. The number of thioether (sulfide) groups is 2. The number of aliphatic carboxylic acids is 1. The number of rotatable bonds is 7. The lowest BCUT2D eigenvalue weighted by Gasteiger charge is -2.43. The number of carbonyl (C=O) groups excluding carboxylic acids is 2. The van der Waals surface area contributed by atoms with E-state index in [1.165, 1.54) is 28.4 Å². The molecular weight excluding hydrogens is 422 g/mol. The van der Waals surface area contributed by atoms with Gasteiger partial charge in [-0.1, -0.05) is 12.1 Å². The van der Waals surface area contributed by atoms with Gasteiger partial charge in [-0.25, -0.2) is 4.79 Å². The van der Waals surface area contributed by atoms with Gasteiger partial charge in [0.25, 0.3) is 0 Å². The number of carboxylic acids is 1. The Morgan fingerprint density at radius 3 is 2.61 bits per heavy atom. The van der Waals surface area contributed by atoms with Crippen LogP contribution in [0.5, 0.6) is 0 Å². The van der Waals surface area contributed by atoms with Gasteiger partial charge in [-0.15, -0.1) is 35.1 Å². The number of carbonyl (C=O) groups is 3. The number of β-lactam (4-membered cyclic amide) rings is 1. The van der Waals surface area contributed by atoms with Crippen LogP contribution in [0.4, 0.5) is 0 Å². The van der Waals surface area contributed by atoms with E-state index in [0.29, 0.717) is 11.6 Å². The largest absolute Gasteiger partial charge is 0.480 e. The highest BCUT2D eigenvalue weighted by molar-refractivity contribution is 8.01. The molecule has 2 aliphatic rings. The minimum Gasteiger partial charge on any atom is -0.480 e. The number of nitrogens with two attached hydrogens (primary N) is 1. The summed E-state index contributed by atoms with van der Waals surface area (Å²) in [6.07, 6.45) is 0. The molecule has 0 spiro atoms. The van der Waals surface area contributed by atoms with Gasteiger partial charge in [0.1, 0.15) is 17.5 Å². The number of amides is 2. The summed E-state index contributed by atoms with van der Waals surface area (Å²) < 4.78 is -0.626. The highest BCUT2D eigenvalue weighted by Crippen LogP contribution is 2.50. The van der Waals surface area contributed by atoms with Crippen LogP contribution >= 0.6 is 35.1 Å². The molecule has 3 rings (SSSR count). The summed E-state index contributed by atoms with van der Waals surface area (Å²) in [7, 11) is 0. The number of carboxylic acid groups (broad SMARTS) is 1. The Morgan fingerprint density at radius 2 is 2.04 bits per heavy atom. The standard InChI is InChI=1S/C18H22ClN3O4S2/c1-18(2)13(17(25)26)22-15(24)12(16(22)28-18)21-14(23)11(20)8-27-10-5-3-9(7-19)4-6-10/h3-6,11-13,16H,7-8,20H2,1-2H3,(H,21,23)(H,25,26). The zero-order chi connectivity index (χ0) is 20.6. The van der Waals surface area contributed by atoms with Crippen LogP contribution in [0.3, 0.4) is 0 Å². The van der Waals surface area contributed by atoms with Crippen molar-refractivity contribution in [3.05, 3.63) is 29.8 Å². The highest BCUT2D eigenvalue weighted by atomic mass is 35.5. The van der Waals surface area contributed by atoms with Crippen LogP contribution in [0.15, 0.2) is 29.2 Å². The number of fused-ring (bicyclic) bond motifs is 1. The van der Waals surface area contributed by atoms with Crippen LogP contribution in [0.1, 0.15) is 19.4 Å². The normalized spacial score (nSPS) is 26.4. The van der Waals surface area contributed by atoms with Gasteiger partial charge in [0.2, 0.25) is 11.8 Å². The first kappa shape index (κ1) is 21.3. The van der Waals surface area contributed by atoms with Gasteiger partial charge in [-0.3, -0.25) is 9.59 Å². The topological polar surface area (TPSA) is 113 Å². The summed E-state index contributed by atoms with van der Waals surface area (Å²) in [5.74, 6) is -1.03. The molecule has 0 saturated carbocycles. The number of hydrogen-bond acceptors (Lipinski definition) is 6. The van der Waals surface area contributed by atoms with Crippen molar-refractivity contribution < 1.29 is 19.5 Å². The number of alkyl halides is 1. The molecule has 28 heavy (non-hydrogen) atoms. The Bertz CT molecular complexity index is 790. The van der Waals surface area contributed by atoms with Gasteiger partial charge in [0, 0.05) is 21.3 Å². The van der Waals surface area contributed by atoms with Crippen LogP contribution in [0, 0.1) is 0 Å². The number of hydrogen-bond donors (Lipinski definition) is 3. The second kappa shape index (κ2) is 8.14. The number of benzene rings is 1. The first-order valence-electron chi connectivity index (χ1n) is 8.72. The second-order valence-corrected chi connectivity index (χ2v) is 10.4. The number of halogens is 1. The molecule has 2 saturated heterocycles. The first-order chi connectivity index (χ1) is 13.2. The average molecular weight is 444 g/mol. The van der Waals surface area contributed by atoms with Crippen molar-refractivity contribution in [1.82, 2.24) is 10.2 Å². The summed E-state index contributed by atoms with van der Waals surface area (Å²) >= 11 is 8.60. The predicted octanol–water partition coefficient (Wildman–Crippen LogP) is 1.48. The molecule has 1 aromatic rings. The second-order valence-electron chi connectivity index (χ2n) is 7.28. The van der Waals surface area contributed by atoms with Crippen molar-refractivity contribution in [3.8, 4) is 0 Å². The maximum atomic E-state index is 12.4. The van der Waals surface area contributed by atoms with Crippen molar-refractivity contribution in [2.45, 2.75) is 52.9 Å². The van der Waals surface area contributed by atoms with Crippen molar-refractivity contribution in [2.24, 2.45) is 5.73 Å². The Hall–Kier alpha value is -1.42. The van der Waals surface area contributed by atoms with E-state index in [1.807, 2.05) is 24.3 Å². The molecule has 0 aromatic heterocycles. The summed E-state index contributed by atoms with van der Waals surface area (Å²) in [5.41, 5.74) is 6.99. The van der Waals surface area contributed by atoms with Crippen LogP contribution in [0.25, 0.3) is 0 Å². The molecule has 0 bridgehead atoms. The van der Waals surface area contributed by atoms with Gasteiger partial charge < -0.3 is 21.1 Å². The van der Waals surface area contributed by atoms with Gasteiger partial charge in [-0.2, -0.15) is 0 Å². The molecule has 2 heterocycles.